The summed E-state index contributed by atoms with van der Waals surface area (Å²) >= 11 is 3.21. The molecule has 0 spiro atoms. The molecule has 0 radical (unpaired) electrons. The molecular weight excluding hydrogens is 322 g/mol. The molecule has 102 valence electrons. The van der Waals surface area contributed by atoms with Gasteiger partial charge in [0.05, 0.1) is 6.42 Å². The van der Waals surface area contributed by atoms with Crippen molar-refractivity contribution in [3.8, 4) is 0 Å². The van der Waals surface area contributed by atoms with E-state index in [0.717, 1.165) is 0 Å². The van der Waals surface area contributed by atoms with Crippen LogP contribution in [0.3, 0.4) is 0 Å². The molecule has 0 aliphatic rings. The summed E-state index contributed by atoms with van der Waals surface area (Å²) in [6.07, 6.45) is 0.0718. The third-order valence-electron chi connectivity index (χ3n) is 2.58. The van der Waals surface area contributed by atoms with Crippen molar-refractivity contribution in [3.05, 3.63) is 58.3 Å². The number of primary amides is 1. The van der Waals surface area contributed by atoms with E-state index in [0.29, 0.717) is 15.9 Å². The van der Waals surface area contributed by atoms with Gasteiger partial charge in [-0.05, 0) is 39.7 Å². The Bertz CT molecular complexity index is 658. The zero-order valence-electron chi connectivity index (χ0n) is 10.5. The Kier molecular flexibility index (Phi) is 4.47. The Hall–Kier alpha value is -2.21. The minimum Gasteiger partial charge on any atom is -0.369 e. The number of nitrogens with two attached hydrogens (primary N) is 1. The second-order valence-electron chi connectivity index (χ2n) is 4.10. The number of halogens is 1. The Morgan fingerprint density at radius 1 is 1.15 bits per heavy atom. The second kappa shape index (κ2) is 6.29. The molecule has 0 aliphatic carbocycles. The molecule has 1 aromatic carbocycles. The zero-order chi connectivity index (χ0) is 14.5. The van der Waals surface area contributed by atoms with Crippen LogP contribution >= 0.6 is 15.9 Å². The monoisotopic (exact) mass is 333 g/mol. The van der Waals surface area contributed by atoms with E-state index in [2.05, 4.69) is 26.2 Å². The fourth-order valence-corrected chi connectivity index (χ4v) is 2.05. The molecule has 1 heterocycles. The van der Waals surface area contributed by atoms with Crippen molar-refractivity contribution in [1.29, 1.82) is 0 Å². The minimum atomic E-state index is -0.452. The SMILES string of the molecule is NC(=O)Cc1ccccc1NC(=O)c1cccc(Br)n1. The Balaban J connectivity index is 2.21. The largest absolute Gasteiger partial charge is 0.369 e. The highest BCUT2D eigenvalue weighted by molar-refractivity contribution is 9.10. The maximum Gasteiger partial charge on any atom is 0.274 e. The molecule has 2 aromatic rings. The van der Waals surface area contributed by atoms with Gasteiger partial charge in [-0.2, -0.15) is 0 Å². The van der Waals surface area contributed by atoms with Gasteiger partial charge < -0.3 is 11.1 Å². The van der Waals surface area contributed by atoms with Crippen molar-refractivity contribution in [2.24, 2.45) is 5.73 Å². The second-order valence-corrected chi connectivity index (χ2v) is 4.91. The van der Waals surface area contributed by atoms with Gasteiger partial charge in [0.15, 0.2) is 0 Å². The van der Waals surface area contributed by atoms with E-state index in [1.54, 1.807) is 42.5 Å². The van der Waals surface area contributed by atoms with Gasteiger partial charge in [0, 0.05) is 5.69 Å². The number of benzene rings is 1. The molecule has 0 fully saturated rings. The third kappa shape index (κ3) is 3.64. The first kappa shape index (κ1) is 14.2. The number of anilines is 1. The van der Waals surface area contributed by atoms with Crippen LogP contribution in [0.25, 0.3) is 0 Å². The van der Waals surface area contributed by atoms with Crippen LogP contribution in [0.4, 0.5) is 5.69 Å². The molecule has 0 atom stereocenters. The maximum absolute atomic E-state index is 12.1. The average molecular weight is 334 g/mol. The van der Waals surface area contributed by atoms with Gasteiger partial charge in [-0.3, -0.25) is 9.59 Å². The highest BCUT2D eigenvalue weighted by Crippen LogP contribution is 2.17. The first-order chi connectivity index (χ1) is 9.56. The summed E-state index contributed by atoms with van der Waals surface area (Å²) < 4.78 is 0.579. The van der Waals surface area contributed by atoms with E-state index in [9.17, 15) is 9.59 Å². The number of carbonyl (C=O) groups is 2. The fraction of sp³-hybridized carbons (Fsp3) is 0.0714. The molecule has 2 amide bonds. The lowest BCUT2D eigenvalue weighted by molar-refractivity contribution is -0.117. The van der Waals surface area contributed by atoms with Crippen molar-refractivity contribution < 1.29 is 9.59 Å². The van der Waals surface area contributed by atoms with Crippen LogP contribution in [0.15, 0.2) is 47.1 Å². The standard InChI is InChI=1S/C14H12BrN3O2/c15-12-7-3-6-11(17-12)14(20)18-10-5-2-1-4-9(10)8-13(16)19/h1-7H,8H2,(H2,16,19)(H,18,20). The number of hydrogen-bond donors (Lipinski definition) is 2. The molecular formula is C14H12BrN3O2. The lowest BCUT2D eigenvalue weighted by atomic mass is 10.1. The summed E-state index contributed by atoms with van der Waals surface area (Å²) in [7, 11) is 0. The number of aromatic nitrogens is 1. The van der Waals surface area contributed by atoms with Crippen molar-refractivity contribution in [1.82, 2.24) is 4.98 Å². The van der Waals surface area contributed by atoms with Crippen molar-refractivity contribution in [3.63, 3.8) is 0 Å². The normalized spacial score (nSPS) is 10.1. The molecule has 0 bridgehead atoms. The van der Waals surface area contributed by atoms with E-state index in [1.165, 1.54) is 0 Å². The van der Waals surface area contributed by atoms with Gasteiger partial charge in [-0.15, -0.1) is 0 Å². The fourth-order valence-electron chi connectivity index (χ4n) is 1.71. The van der Waals surface area contributed by atoms with Gasteiger partial charge >= 0.3 is 0 Å². The molecule has 0 saturated heterocycles. The van der Waals surface area contributed by atoms with Gasteiger partial charge in [-0.25, -0.2) is 4.98 Å². The molecule has 6 heteroatoms. The smallest absolute Gasteiger partial charge is 0.274 e. The molecule has 3 N–H and O–H groups in total. The summed E-state index contributed by atoms with van der Waals surface area (Å²) in [5.74, 6) is -0.796. The van der Waals surface area contributed by atoms with Crippen molar-refractivity contribution in [2.75, 3.05) is 5.32 Å². The molecule has 0 unspecified atom stereocenters. The maximum atomic E-state index is 12.1. The number of pyridine rings is 1. The highest BCUT2D eigenvalue weighted by Gasteiger charge is 2.11. The molecule has 0 saturated carbocycles. The number of para-hydroxylation sites is 1. The van der Waals surface area contributed by atoms with E-state index in [-0.39, 0.29) is 18.0 Å². The minimum absolute atomic E-state index is 0.0718. The van der Waals surface area contributed by atoms with Crippen LogP contribution in [0, 0.1) is 0 Å². The first-order valence-corrected chi connectivity index (χ1v) is 6.65. The van der Waals surface area contributed by atoms with Crippen molar-refractivity contribution in [2.45, 2.75) is 6.42 Å². The number of amides is 2. The van der Waals surface area contributed by atoms with Gasteiger partial charge in [0.2, 0.25) is 5.91 Å². The van der Waals surface area contributed by atoms with Gasteiger partial charge in [0.25, 0.3) is 5.91 Å². The summed E-state index contributed by atoms with van der Waals surface area (Å²) in [6.45, 7) is 0. The van der Waals surface area contributed by atoms with E-state index in [4.69, 9.17) is 5.73 Å². The van der Waals surface area contributed by atoms with Crippen LogP contribution in [0.2, 0.25) is 0 Å². The predicted octanol–water partition coefficient (Wildman–Crippen LogP) is 2.12. The third-order valence-corrected chi connectivity index (χ3v) is 3.02. The van der Waals surface area contributed by atoms with Crippen LogP contribution in [-0.2, 0) is 11.2 Å². The number of nitrogens with zero attached hydrogens (tertiary/aromatic N) is 1. The summed E-state index contributed by atoms with van der Waals surface area (Å²) in [5.41, 5.74) is 6.69. The van der Waals surface area contributed by atoms with Crippen LogP contribution in [0.5, 0.6) is 0 Å². The van der Waals surface area contributed by atoms with Gasteiger partial charge in [-0.1, -0.05) is 24.3 Å². The van der Waals surface area contributed by atoms with E-state index < -0.39 is 5.91 Å². The number of rotatable bonds is 4. The first-order valence-electron chi connectivity index (χ1n) is 5.86. The Morgan fingerprint density at radius 3 is 2.60 bits per heavy atom. The van der Waals surface area contributed by atoms with Crippen LogP contribution < -0.4 is 11.1 Å². The van der Waals surface area contributed by atoms with Crippen LogP contribution in [0.1, 0.15) is 16.1 Å². The van der Waals surface area contributed by atoms with E-state index >= 15 is 0 Å². The lowest BCUT2D eigenvalue weighted by Gasteiger charge is -2.09. The summed E-state index contributed by atoms with van der Waals surface area (Å²) in [4.78, 5) is 27.2. The molecule has 0 aliphatic heterocycles. The molecule has 20 heavy (non-hydrogen) atoms. The van der Waals surface area contributed by atoms with E-state index in [1.807, 2.05) is 0 Å². The highest BCUT2D eigenvalue weighted by atomic mass is 79.9. The topological polar surface area (TPSA) is 85.1 Å². The average Bonchev–Trinajstić information content (AvgIpc) is 2.40. The Labute approximate surface area is 124 Å². The predicted molar refractivity (Wildman–Crippen MR) is 79.2 cm³/mol. The van der Waals surface area contributed by atoms with Gasteiger partial charge in [0.1, 0.15) is 10.3 Å². The molecule has 1 aromatic heterocycles. The quantitative estimate of drug-likeness (QED) is 0.840. The Morgan fingerprint density at radius 2 is 1.90 bits per heavy atom. The zero-order valence-corrected chi connectivity index (χ0v) is 12.1. The molecule has 2 rings (SSSR count). The summed E-state index contributed by atoms with van der Waals surface area (Å²) in [5, 5.41) is 2.73. The van der Waals surface area contributed by atoms with Crippen LogP contribution in [-0.4, -0.2) is 16.8 Å². The number of hydrogen-bond acceptors (Lipinski definition) is 3. The lowest BCUT2D eigenvalue weighted by Crippen LogP contribution is -2.18. The number of nitrogens with one attached hydrogen (secondary N) is 1. The number of carbonyl (C=O) groups excluding carboxylic acids is 2. The molecule has 5 nitrogen and oxygen atoms in total. The summed E-state index contributed by atoms with van der Waals surface area (Å²) in [6, 6.07) is 12.1. The van der Waals surface area contributed by atoms with Crippen molar-refractivity contribution >= 4 is 33.4 Å².